The molecule has 1 rings (SSSR count). The Labute approximate surface area is 119 Å². The quantitative estimate of drug-likeness (QED) is 0.508. The number of nitrogens with one attached hydrogen (secondary N) is 1. The Hall–Kier alpha value is -2.01. The first-order valence-electron chi connectivity index (χ1n) is 6.52. The largest absolute Gasteiger partial charge is 0.545 e. The Morgan fingerprint density at radius 3 is 2.70 bits per heavy atom. The van der Waals surface area contributed by atoms with Gasteiger partial charge >= 0.3 is 0 Å². The maximum atomic E-state index is 10.4. The van der Waals surface area contributed by atoms with Crippen molar-refractivity contribution in [1.29, 1.82) is 0 Å². The van der Waals surface area contributed by atoms with Gasteiger partial charge in [-0.2, -0.15) is 0 Å². The van der Waals surface area contributed by atoms with Crippen LogP contribution in [-0.4, -0.2) is 40.3 Å². The van der Waals surface area contributed by atoms with Crippen molar-refractivity contribution in [3.63, 3.8) is 0 Å². The molecule has 0 aliphatic heterocycles. The van der Waals surface area contributed by atoms with E-state index in [4.69, 9.17) is 9.47 Å². The molecule has 110 valence electrons. The van der Waals surface area contributed by atoms with Gasteiger partial charge in [-0.3, -0.25) is 0 Å². The summed E-state index contributed by atoms with van der Waals surface area (Å²) in [5.74, 6) is 0.0185. The van der Waals surface area contributed by atoms with E-state index in [2.05, 4.69) is 14.1 Å². The summed E-state index contributed by atoms with van der Waals surface area (Å²) in [5, 5.41) is 10.4. The highest BCUT2D eigenvalue weighted by molar-refractivity contribution is 5.83. The first-order chi connectivity index (χ1) is 9.52. The molecule has 0 unspecified atom stereocenters. The van der Waals surface area contributed by atoms with Crippen LogP contribution in [0, 0.1) is 0 Å². The number of ether oxygens (including phenoxy) is 2. The molecule has 0 radical (unpaired) electrons. The van der Waals surface area contributed by atoms with Crippen molar-refractivity contribution >= 4 is 12.0 Å². The van der Waals surface area contributed by atoms with Crippen molar-refractivity contribution in [1.82, 2.24) is 0 Å². The zero-order chi connectivity index (χ0) is 15.0. The lowest BCUT2D eigenvalue weighted by Crippen LogP contribution is -3.05. The van der Waals surface area contributed by atoms with Crippen molar-refractivity contribution in [2.24, 2.45) is 0 Å². The van der Waals surface area contributed by atoms with Crippen LogP contribution >= 0.6 is 0 Å². The van der Waals surface area contributed by atoms with Gasteiger partial charge in [-0.1, -0.05) is 12.1 Å². The molecule has 1 aromatic carbocycles. The Morgan fingerprint density at radius 1 is 1.35 bits per heavy atom. The standard InChI is InChI=1S/C15H21NO4/c1-16(2)9-4-10-20-13-7-5-12(6-8-15(17)18)11-14(13)19-3/h5-8,11H,4,9-10H2,1-3H3,(H,17,18)/b8-6+. The summed E-state index contributed by atoms with van der Waals surface area (Å²) in [7, 11) is 5.75. The molecule has 0 aliphatic rings. The van der Waals surface area contributed by atoms with Gasteiger partial charge in [-0.05, 0) is 23.8 Å². The second kappa shape index (κ2) is 8.22. The zero-order valence-corrected chi connectivity index (χ0v) is 12.1. The summed E-state index contributed by atoms with van der Waals surface area (Å²) < 4.78 is 10.9. The van der Waals surface area contributed by atoms with E-state index in [1.165, 1.54) is 11.0 Å². The number of hydrogen-bond acceptors (Lipinski definition) is 4. The summed E-state index contributed by atoms with van der Waals surface area (Å²) >= 11 is 0. The topological polar surface area (TPSA) is 63.0 Å². The van der Waals surface area contributed by atoms with Crippen LogP contribution in [0.2, 0.25) is 0 Å². The number of hydrogen-bond donors (Lipinski definition) is 1. The third kappa shape index (κ3) is 5.75. The highest BCUT2D eigenvalue weighted by Crippen LogP contribution is 2.28. The van der Waals surface area contributed by atoms with Gasteiger partial charge in [0.25, 0.3) is 0 Å². The smallest absolute Gasteiger partial charge is 0.161 e. The summed E-state index contributed by atoms with van der Waals surface area (Å²) in [6.45, 7) is 1.66. The molecule has 5 nitrogen and oxygen atoms in total. The lowest BCUT2D eigenvalue weighted by molar-refractivity contribution is -0.858. The number of carbonyl (C=O) groups excluding carboxylic acids is 1. The van der Waals surface area contributed by atoms with Gasteiger partial charge in [0, 0.05) is 6.42 Å². The third-order valence-electron chi connectivity index (χ3n) is 2.68. The molecule has 0 spiro atoms. The van der Waals surface area contributed by atoms with Gasteiger partial charge in [-0.25, -0.2) is 0 Å². The van der Waals surface area contributed by atoms with Crippen molar-refractivity contribution < 1.29 is 24.3 Å². The monoisotopic (exact) mass is 279 g/mol. The first-order valence-corrected chi connectivity index (χ1v) is 6.52. The molecule has 0 atom stereocenters. The molecule has 1 aromatic rings. The van der Waals surface area contributed by atoms with Crippen LogP contribution in [0.3, 0.4) is 0 Å². The average Bonchev–Trinajstić information content (AvgIpc) is 2.41. The average molecular weight is 279 g/mol. The third-order valence-corrected chi connectivity index (χ3v) is 2.68. The first kappa shape index (κ1) is 16.0. The van der Waals surface area contributed by atoms with E-state index >= 15 is 0 Å². The number of carboxylic acids is 1. The molecule has 20 heavy (non-hydrogen) atoms. The Balaban J connectivity index is 2.65. The van der Waals surface area contributed by atoms with E-state index in [0.717, 1.165) is 24.6 Å². The van der Waals surface area contributed by atoms with E-state index in [0.29, 0.717) is 18.1 Å². The minimum absolute atomic E-state index is 0.586. The Kier molecular flexibility index (Phi) is 6.59. The molecule has 0 saturated heterocycles. The number of rotatable bonds is 8. The van der Waals surface area contributed by atoms with Gasteiger partial charge in [0.05, 0.1) is 40.3 Å². The summed E-state index contributed by atoms with van der Waals surface area (Å²) in [6, 6.07) is 5.27. The van der Waals surface area contributed by atoms with Crippen LogP contribution in [0.25, 0.3) is 6.08 Å². The predicted molar refractivity (Wildman–Crippen MR) is 74.8 cm³/mol. The number of methoxy groups -OCH3 is 1. The van der Waals surface area contributed by atoms with E-state index in [1.54, 1.807) is 25.3 Å². The van der Waals surface area contributed by atoms with Crippen LogP contribution in [-0.2, 0) is 4.79 Å². The van der Waals surface area contributed by atoms with Gasteiger partial charge < -0.3 is 24.3 Å². The predicted octanol–water partition coefficient (Wildman–Crippen LogP) is -0.628. The van der Waals surface area contributed by atoms with E-state index < -0.39 is 5.97 Å². The van der Waals surface area contributed by atoms with Crippen LogP contribution < -0.4 is 19.5 Å². The maximum Gasteiger partial charge on any atom is 0.161 e. The van der Waals surface area contributed by atoms with Crippen molar-refractivity contribution in [3.05, 3.63) is 29.8 Å². The van der Waals surface area contributed by atoms with Crippen LogP contribution in [0.1, 0.15) is 12.0 Å². The fourth-order valence-electron chi connectivity index (χ4n) is 1.68. The molecule has 0 saturated carbocycles. The highest BCUT2D eigenvalue weighted by Gasteiger charge is 2.05. The van der Waals surface area contributed by atoms with Crippen molar-refractivity contribution in [2.75, 3.05) is 34.4 Å². The number of carboxylic acid groups (broad SMARTS) is 1. The normalized spacial score (nSPS) is 11.0. The van der Waals surface area contributed by atoms with E-state index in [-0.39, 0.29) is 0 Å². The molecule has 0 heterocycles. The second-order valence-electron chi connectivity index (χ2n) is 4.72. The Morgan fingerprint density at radius 2 is 2.10 bits per heavy atom. The number of benzene rings is 1. The second-order valence-corrected chi connectivity index (χ2v) is 4.72. The molecule has 5 heteroatoms. The minimum Gasteiger partial charge on any atom is -0.545 e. The molecule has 0 amide bonds. The molecule has 0 fully saturated rings. The summed E-state index contributed by atoms with van der Waals surface area (Å²) in [6.07, 6.45) is 3.39. The maximum absolute atomic E-state index is 10.4. The minimum atomic E-state index is -1.23. The molecule has 0 aliphatic carbocycles. The van der Waals surface area contributed by atoms with Crippen LogP contribution in [0.15, 0.2) is 24.3 Å². The van der Waals surface area contributed by atoms with Gasteiger partial charge in [0.1, 0.15) is 0 Å². The highest BCUT2D eigenvalue weighted by atomic mass is 16.5. The van der Waals surface area contributed by atoms with Crippen LogP contribution in [0.4, 0.5) is 0 Å². The summed E-state index contributed by atoms with van der Waals surface area (Å²) in [5.41, 5.74) is 0.719. The molecular weight excluding hydrogens is 258 g/mol. The fraction of sp³-hybridized carbons (Fsp3) is 0.400. The van der Waals surface area contributed by atoms with Crippen molar-refractivity contribution in [2.45, 2.75) is 6.42 Å². The van der Waals surface area contributed by atoms with Crippen LogP contribution in [0.5, 0.6) is 11.5 Å². The van der Waals surface area contributed by atoms with E-state index in [1.807, 2.05) is 0 Å². The lowest BCUT2D eigenvalue weighted by atomic mass is 10.2. The van der Waals surface area contributed by atoms with E-state index in [9.17, 15) is 9.90 Å². The van der Waals surface area contributed by atoms with Crippen molar-refractivity contribution in [3.8, 4) is 11.5 Å². The lowest BCUT2D eigenvalue weighted by Gasteiger charge is -2.12. The van der Waals surface area contributed by atoms with Gasteiger partial charge in [0.15, 0.2) is 11.5 Å². The zero-order valence-electron chi connectivity index (χ0n) is 12.1. The fourth-order valence-corrected chi connectivity index (χ4v) is 1.68. The Bertz CT molecular complexity index is 469. The SMILES string of the molecule is COc1cc(/C=C/C(=O)[O-])ccc1OCCC[NH+](C)C. The number of aliphatic carboxylic acids is 1. The molecular formula is C15H21NO4. The number of quaternary nitrogens is 1. The summed E-state index contributed by atoms with van der Waals surface area (Å²) in [4.78, 5) is 11.7. The molecule has 1 N–H and O–H groups in total. The molecule has 0 bridgehead atoms. The van der Waals surface area contributed by atoms with Gasteiger partial charge in [-0.15, -0.1) is 0 Å². The van der Waals surface area contributed by atoms with Gasteiger partial charge in [0.2, 0.25) is 0 Å². The number of carbonyl (C=O) groups is 1. The molecule has 0 aromatic heterocycles.